The summed E-state index contributed by atoms with van der Waals surface area (Å²) in [6.45, 7) is 3.16. The van der Waals surface area contributed by atoms with Crippen LogP contribution in [0.1, 0.15) is 57.8 Å². The Morgan fingerprint density at radius 2 is 1.26 bits per heavy atom. The second-order valence-corrected chi connectivity index (χ2v) is 7.56. The largest absolute Gasteiger partial charge is 0.432 e. The number of aromatic nitrogens is 1. The second kappa shape index (κ2) is 11.3. The lowest BCUT2D eigenvalue weighted by Crippen LogP contribution is -2.03. The lowest BCUT2D eigenvalue weighted by atomic mass is 10.1. The van der Waals surface area contributed by atoms with Crippen molar-refractivity contribution in [1.82, 2.24) is 4.57 Å². The van der Waals surface area contributed by atoms with E-state index in [4.69, 9.17) is 0 Å². The number of hydrogen-bond acceptors (Lipinski definition) is 1. The molecule has 0 aromatic carbocycles. The minimum absolute atomic E-state index is 0.962. The van der Waals surface area contributed by atoms with E-state index in [0.717, 1.165) is 6.04 Å². The minimum atomic E-state index is -0.962. The second-order valence-electron chi connectivity index (χ2n) is 5.59. The van der Waals surface area contributed by atoms with Crippen molar-refractivity contribution < 1.29 is 4.80 Å². The van der Waals surface area contributed by atoms with E-state index < -0.39 is 9.04 Å². The van der Waals surface area contributed by atoms with Gasteiger partial charge in [0.2, 0.25) is 9.04 Å². The van der Waals surface area contributed by atoms with Crippen LogP contribution >= 0.6 is 0 Å². The van der Waals surface area contributed by atoms with Crippen LogP contribution in [0.3, 0.4) is 0 Å². The summed E-state index contributed by atoms with van der Waals surface area (Å²) in [6, 6.07) is 5.27. The van der Waals surface area contributed by atoms with Crippen molar-refractivity contribution in [2.75, 3.05) is 0 Å². The zero-order chi connectivity index (χ0) is 13.8. The van der Waals surface area contributed by atoms with Crippen molar-refractivity contribution in [2.45, 2.75) is 76.9 Å². The fourth-order valence-electron chi connectivity index (χ4n) is 2.43. The Bertz CT molecular complexity index is 285. The lowest BCUT2D eigenvalue weighted by Gasteiger charge is -2.04. The fourth-order valence-corrected chi connectivity index (χ4v) is 3.19. The normalized spacial score (nSPS) is 11.3. The van der Waals surface area contributed by atoms with Crippen LogP contribution in [0.2, 0.25) is 12.6 Å². The number of hydrogen-bond donors (Lipinski definition) is 1. The highest BCUT2D eigenvalue weighted by Crippen LogP contribution is 2.11. The van der Waals surface area contributed by atoms with Gasteiger partial charge in [-0.15, -0.1) is 0 Å². The maximum absolute atomic E-state index is 9.24. The maximum Gasteiger partial charge on any atom is 0.203 e. The third-order valence-electron chi connectivity index (χ3n) is 3.62. The average molecular weight is 281 g/mol. The van der Waals surface area contributed by atoms with Crippen LogP contribution in [0.25, 0.3) is 0 Å². The Balaban J connectivity index is 1.74. The van der Waals surface area contributed by atoms with E-state index in [9.17, 15) is 4.80 Å². The quantitative estimate of drug-likeness (QED) is 0.439. The summed E-state index contributed by atoms with van der Waals surface area (Å²) < 4.78 is 2.27. The smallest absolute Gasteiger partial charge is 0.203 e. The Morgan fingerprint density at radius 1 is 0.789 bits per heavy atom. The molecule has 2 nitrogen and oxygen atoms in total. The number of nitrogens with zero attached hydrogens (tertiary/aromatic N) is 1. The first-order valence-corrected chi connectivity index (χ1v) is 10.1. The molecule has 1 radical (unpaired) electrons. The van der Waals surface area contributed by atoms with Gasteiger partial charge in [0.25, 0.3) is 0 Å². The molecule has 1 aromatic heterocycles. The Kier molecular flexibility index (Phi) is 9.82. The molecule has 0 saturated carbocycles. The Labute approximate surface area is 120 Å². The molecule has 0 aliphatic rings. The molecule has 1 heterocycles. The first kappa shape index (κ1) is 16.5. The van der Waals surface area contributed by atoms with Crippen LogP contribution in [-0.4, -0.2) is 18.4 Å². The molecule has 3 heteroatoms. The van der Waals surface area contributed by atoms with Gasteiger partial charge in [0.1, 0.15) is 0 Å². The number of rotatable bonds is 12. The molecular weight excluding hydrogens is 250 g/mol. The van der Waals surface area contributed by atoms with Crippen molar-refractivity contribution in [3.8, 4) is 0 Å². The molecule has 109 valence electrons. The van der Waals surface area contributed by atoms with Crippen LogP contribution in [-0.2, 0) is 6.54 Å². The van der Waals surface area contributed by atoms with Crippen molar-refractivity contribution in [1.29, 1.82) is 0 Å². The van der Waals surface area contributed by atoms with E-state index in [0.29, 0.717) is 0 Å². The van der Waals surface area contributed by atoms with E-state index in [1.54, 1.807) is 0 Å². The number of aryl methyl sites for hydroxylation is 1. The molecule has 1 rings (SSSR count). The van der Waals surface area contributed by atoms with E-state index >= 15 is 0 Å². The molecule has 0 spiro atoms. The SMILES string of the molecule is C[Si](O)CCCCCCCCCCCn1cccc1. The van der Waals surface area contributed by atoms with Crippen LogP contribution in [0.5, 0.6) is 0 Å². The van der Waals surface area contributed by atoms with Gasteiger partial charge in [-0.25, -0.2) is 0 Å². The topological polar surface area (TPSA) is 25.2 Å². The van der Waals surface area contributed by atoms with Crippen LogP contribution in [0.4, 0.5) is 0 Å². The molecule has 0 aliphatic heterocycles. The summed E-state index contributed by atoms with van der Waals surface area (Å²) >= 11 is 0. The van der Waals surface area contributed by atoms with Gasteiger partial charge in [0.05, 0.1) is 0 Å². The summed E-state index contributed by atoms with van der Waals surface area (Å²) in [6.07, 6.45) is 16.4. The molecular formula is C16H30NOSi. The highest BCUT2D eigenvalue weighted by Gasteiger charge is 1.98. The average Bonchev–Trinajstić information content (AvgIpc) is 2.88. The zero-order valence-corrected chi connectivity index (χ0v) is 13.5. The first-order valence-electron chi connectivity index (χ1n) is 7.91. The molecule has 0 atom stereocenters. The third-order valence-corrected chi connectivity index (χ3v) is 4.70. The van der Waals surface area contributed by atoms with Gasteiger partial charge in [-0.05, 0) is 31.1 Å². The molecule has 1 N–H and O–H groups in total. The predicted molar refractivity (Wildman–Crippen MR) is 84.6 cm³/mol. The minimum Gasteiger partial charge on any atom is -0.432 e. The predicted octanol–water partition coefficient (Wildman–Crippen LogP) is 4.61. The Morgan fingerprint density at radius 3 is 1.79 bits per heavy atom. The lowest BCUT2D eigenvalue weighted by molar-refractivity contribution is 0.534. The van der Waals surface area contributed by atoms with Crippen LogP contribution in [0.15, 0.2) is 24.5 Å². The van der Waals surface area contributed by atoms with Crippen LogP contribution < -0.4 is 0 Å². The highest BCUT2D eigenvalue weighted by atomic mass is 28.3. The van der Waals surface area contributed by atoms with Gasteiger partial charge in [-0.3, -0.25) is 0 Å². The molecule has 0 unspecified atom stereocenters. The van der Waals surface area contributed by atoms with Crippen molar-refractivity contribution in [3.63, 3.8) is 0 Å². The third kappa shape index (κ3) is 9.97. The monoisotopic (exact) mass is 280 g/mol. The van der Waals surface area contributed by atoms with Gasteiger partial charge >= 0.3 is 0 Å². The first-order chi connectivity index (χ1) is 9.29. The zero-order valence-electron chi connectivity index (χ0n) is 12.5. The van der Waals surface area contributed by atoms with E-state index in [1.807, 2.05) is 6.55 Å². The van der Waals surface area contributed by atoms with Gasteiger partial charge in [-0.2, -0.15) is 0 Å². The van der Waals surface area contributed by atoms with E-state index in [2.05, 4.69) is 29.1 Å². The van der Waals surface area contributed by atoms with Crippen molar-refractivity contribution in [2.24, 2.45) is 0 Å². The summed E-state index contributed by atoms with van der Waals surface area (Å²) in [5.41, 5.74) is 0. The van der Waals surface area contributed by atoms with Crippen molar-refractivity contribution >= 4 is 9.04 Å². The Hall–Kier alpha value is -0.543. The van der Waals surface area contributed by atoms with Gasteiger partial charge in [-0.1, -0.05) is 51.4 Å². The number of unbranched alkanes of at least 4 members (excludes halogenated alkanes) is 8. The maximum atomic E-state index is 9.24. The summed E-state index contributed by atoms with van der Waals surface area (Å²) in [7, 11) is -0.962. The van der Waals surface area contributed by atoms with Gasteiger partial charge in [0, 0.05) is 18.9 Å². The molecule has 19 heavy (non-hydrogen) atoms. The van der Waals surface area contributed by atoms with E-state index in [1.165, 1.54) is 64.3 Å². The summed E-state index contributed by atoms with van der Waals surface area (Å²) in [5, 5.41) is 0. The molecule has 0 aliphatic carbocycles. The molecule has 0 amide bonds. The standard InChI is InChI=1S/C16H30NOSi/c1-19(18)16-12-8-6-4-2-3-5-7-9-13-17-14-10-11-15-17/h10-11,14-15,18H,2-9,12-13,16H2,1H3. The summed E-state index contributed by atoms with van der Waals surface area (Å²) in [5.74, 6) is 0. The molecule has 1 aromatic rings. The van der Waals surface area contributed by atoms with Gasteiger partial charge in [0.15, 0.2) is 0 Å². The van der Waals surface area contributed by atoms with Crippen molar-refractivity contribution in [3.05, 3.63) is 24.5 Å². The van der Waals surface area contributed by atoms with Gasteiger partial charge < -0.3 is 9.36 Å². The van der Waals surface area contributed by atoms with Crippen LogP contribution in [0, 0.1) is 0 Å². The highest BCUT2D eigenvalue weighted by molar-refractivity contribution is 6.48. The molecule has 0 saturated heterocycles. The van der Waals surface area contributed by atoms with E-state index in [-0.39, 0.29) is 0 Å². The fraction of sp³-hybridized carbons (Fsp3) is 0.750. The molecule has 0 fully saturated rings. The molecule has 0 bridgehead atoms. The summed E-state index contributed by atoms with van der Waals surface area (Å²) in [4.78, 5) is 9.24.